The van der Waals surface area contributed by atoms with Crippen molar-refractivity contribution in [1.29, 1.82) is 0 Å². The van der Waals surface area contributed by atoms with Crippen molar-refractivity contribution in [1.82, 2.24) is 0 Å². The fourth-order valence-corrected chi connectivity index (χ4v) is 2.31. The van der Waals surface area contributed by atoms with Gasteiger partial charge in [0.1, 0.15) is 0 Å². The molecule has 0 heterocycles. The molecule has 0 aromatic heterocycles. The van der Waals surface area contributed by atoms with E-state index in [1.807, 2.05) is 68.4 Å². The number of hydrogen-bond acceptors (Lipinski definition) is 2. The van der Waals surface area contributed by atoms with E-state index in [1.165, 1.54) is 0 Å². The average molecular weight is 255 g/mol. The second-order valence-electron chi connectivity index (χ2n) is 4.78. The molecule has 2 nitrogen and oxygen atoms in total. The highest BCUT2D eigenvalue weighted by Gasteiger charge is 2.27. The SMILES string of the molecule is CCC(O)(CC)c1ccccc1Nc1ccccc1. The third-order valence-corrected chi connectivity index (χ3v) is 3.65. The zero-order valence-corrected chi connectivity index (χ0v) is 11.6. The van der Waals surface area contributed by atoms with Gasteiger partial charge in [0, 0.05) is 16.9 Å². The van der Waals surface area contributed by atoms with Crippen molar-refractivity contribution in [2.24, 2.45) is 0 Å². The highest BCUT2D eigenvalue weighted by molar-refractivity contribution is 5.64. The number of rotatable bonds is 5. The van der Waals surface area contributed by atoms with E-state index in [0.29, 0.717) is 12.8 Å². The van der Waals surface area contributed by atoms with Crippen molar-refractivity contribution in [2.75, 3.05) is 5.32 Å². The van der Waals surface area contributed by atoms with Gasteiger partial charge in [0.05, 0.1) is 5.60 Å². The molecule has 0 atom stereocenters. The molecule has 2 heteroatoms. The van der Waals surface area contributed by atoms with Gasteiger partial charge in [0.15, 0.2) is 0 Å². The van der Waals surface area contributed by atoms with E-state index in [4.69, 9.17) is 0 Å². The molecule has 2 rings (SSSR count). The van der Waals surface area contributed by atoms with Crippen LogP contribution >= 0.6 is 0 Å². The van der Waals surface area contributed by atoms with Crippen molar-refractivity contribution in [2.45, 2.75) is 32.3 Å². The van der Waals surface area contributed by atoms with Gasteiger partial charge >= 0.3 is 0 Å². The molecule has 0 spiro atoms. The zero-order valence-electron chi connectivity index (χ0n) is 11.6. The minimum absolute atomic E-state index is 0.705. The van der Waals surface area contributed by atoms with Gasteiger partial charge in [-0.2, -0.15) is 0 Å². The van der Waals surface area contributed by atoms with Crippen molar-refractivity contribution in [3.8, 4) is 0 Å². The third kappa shape index (κ3) is 2.96. The zero-order chi connectivity index (χ0) is 13.7. The lowest BCUT2D eigenvalue weighted by molar-refractivity contribution is 0.0291. The van der Waals surface area contributed by atoms with Crippen LogP contribution in [0.25, 0.3) is 0 Å². The molecule has 2 aromatic rings. The van der Waals surface area contributed by atoms with E-state index in [9.17, 15) is 5.11 Å². The van der Waals surface area contributed by atoms with Crippen LogP contribution in [0.4, 0.5) is 11.4 Å². The maximum atomic E-state index is 10.7. The maximum absolute atomic E-state index is 10.7. The summed E-state index contributed by atoms with van der Waals surface area (Å²) in [6.07, 6.45) is 1.41. The fraction of sp³-hybridized carbons (Fsp3) is 0.294. The van der Waals surface area contributed by atoms with E-state index in [-0.39, 0.29) is 0 Å². The molecule has 0 amide bonds. The molecule has 0 aliphatic carbocycles. The van der Waals surface area contributed by atoms with Crippen LogP contribution in [0.15, 0.2) is 54.6 Å². The number of aliphatic hydroxyl groups is 1. The van der Waals surface area contributed by atoms with E-state index in [1.54, 1.807) is 0 Å². The molecule has 0 saturated carbocycles. The summed E-state index contributed by atoms with van der Waals surface area (Å²) < 4.78 is 0. The Labute approximate surface area is 115 Å². The van der Waals surface area contributed by atoms with Crippen molar-refractivity contribution in [3.63, 3.8) is 0 Å². The lowest BCUT2D eigenvalue weighted by atomic mass is 9.87. The second-order valence-corrected chi connectivity index (χ2v) is 4.78. The van der Waals surface area contributed by atoms with Gasteiger partial charge in [-0.1, -0.05) is 50.2 Å². The molecular weight excluding hydrogens is 234 g/mol. The number of anilines is 2. The Bertz CT molecular complexity index is 518. The average Bonchev–Trinajstić information content (AvgIpc) is 2.48. The van der Waals surface area contributed by atoms with Gasteiger partial charge in [-0.05, 0) is 31.0 Å². The van der Waals surface area contributed by atoms with Gasteiger partial charge in [-0.25, -0.2) is 0 Å². The number of nitrogens with one attached hydrogen (secondary N) is 1. The van der Waals surface area contributed by atoms with E-state index in [2.05, 4.69) is 5.32 Å². The van der Waals surface area contributed by atoms with Crippen molar-refractivity contribution >= 4 is 11.4 Å². The van der Waals surface area contributed by atoms with Gasteiger partial charge < -0.3 is 10.4 Å². The Balaban J connectivity index is 2.36. The summed E-state index contributed by atoms with van der Waals surface area (Å²) in [7, 11) is 0. The van der Waals surface area contributed by atoms with E-state index >= 15 is 0 Å². The van der Waals surface area contributed by atoms with Crippen LogP contribution in [0, 0.1) is 0 Å². The first-order valence-corrected chi connectivity index (χ1v) is 6.83. The first-order chi connectivity index (χ1) is 9.19. The van der Waals surface area contributed by atoms with Crippen LogP contribution in [0.1, 0.15) is 32.3 Å². The maximum Gasteiger partial charge on any atom is 0.0911 e. The standard InChI is InChI=1S/C17H21NO/c1-3-17(19,4-2)15-12-8-9-13-16(15)18-14-10-6-5-7-11-14/h5-13,18-19H,3-4H2,1-2H3. The minimum Gasteiger partial charge on any atom is -0.385 e. The van der Waals surface area contributed by atoms with E-state index in [0.717, 1.165) is 16.9 Å². The molecular formula is C17H21NO. The fourth-order valence-electron chi connectivity index (χ4n) is 2.31. The van der Waals surface area contributed by atoms with Crippen LogP contribution in [0.3, 0.4) is 0 Å². The lowest BCUT2D eigenvalue weighted by Crippen LogP contribution is -2.24. The number of benzene rings is 2. The number of para-hydroxylation sites is 2. The molecule has 0 radical (unpaired) electrons. The summed E-state index contributed by atoms with van der Waals surface area (Å²) in [6, 6.07) is 18.0. The molecule has 2 aromatic carbocycles. The Kier molecular flexibility index (Phi) is 4.23. The first kappa shape index (κ1) is 13.6. The quantitative estimate of drug-likeness (QED) is 0.828. The molecule has 0 bridgehead atoms. The highest BCUT2D eigenvalue weighted by atomic mass is 16.3. The minimum atomic E-state index is -0.766. The first-order valence-electron chi connectivity index (χ1n) is 6.83. The van der Waals surface area contributed by atoms with Crippen LogP contribution in [-0.2, 0) is 5.60 Å². The van der Waals surface area contributed by atoms with Gasteiger partial charge in [0.2, 0.25) is 0 Å². The van der Waals surface area contributed by atoms with E-state index < -0.39 is 5.60 Å². The van der Waals surface area contributed by atoms with Gasteiger partial charge in [-0.15, -0.1) is 0 Å². The van der Waals surface area contributed by atoms with Gasteiger partial charge in [-0.3, -0.25) is 0 Å². The van der Waals surface area contributed by atoms with Crippen molar-refractivity contribution in [3.05, 3.63) is 60.2 Å². The molecule has 0 saturated heterocycles. The summed E-state index contributed by atoms with van der Waals surface area (Å²) in [5.41, 5.74) is 2.20. The third-order valence-electron chi connectivity index (χ3n) is 3.65. The molecule has 0 unspecified atom stereocenters. The Hall–Kier alpha value is -1.80. The van der Waals surface area contributed by atoms with Crippen LogP contribution in [-0.4, -0.2) is 5.11 Å². The summed E-state index contributed by atoms with van der Waals surface area (Å²) in [6.45, 7) is 4.03. The molecule has 19 heavy (non-hydrogen) atoms. The molecule has 0 aliphatic heterocycles. The Morgan fingerprint density at radius 1 is 0.895 bits per heavy atom. The summed E-state index contributed by atoms with van der Waals surface area (Å²) in [5.74, 6) is 0. The number of hydrogen-bond donors (Lipinski definition) is 2. The van der Waals surface area contributed by atoms with Crippen LogP contribution in [0.2, 0.25) is 0 Å². The van der Waals surface area contributed by atoms with Crippen LogP contribution in [0.5, 0.6) is 0 Å². The van der Waals surface area contributed by atoms with Crippen molar-refractivity contribution < 1.29 is 5.11 Å². The largest absolute Gasteiger partial charge is 0.385 e. The summed E-state index contributed by atoms with van der Waals surface area (Å²) in [5, 5.41) is 14.1. The highest BCUT2D eigenvalue weighted by Crippen LogP contribution is 2.34. The molecule has 2 N–H and O–H groups in total. The normalized spacial score (nSPS) is 11.3. The lowest BCUT2D eigenvalue weighted by Gasteiger charge is -2.28. The topological polar surface area (TPSA) is 32.3 Å². The predicted molar refractivity (Wildman–Crippen MR) is 80.6 cm³/mol. The predicted octanol–water partition coefficient (Wildman–Crippen LogP) is 4.44. The van der Waals surface area contributed by atoms with Gasteiger partial charge in [0.25, 0.3) is 0 Å². The Morgan fingerprint density at radius 3 is 2.11 bits per heavy atom. The molecule has 100 valence electrons. The van der Waals surface area contributed by atoms with Crippen LogP contribution < -0.4 is 5.32 Å². The summed E-state index contributed by atoms with van der Waals surface area (Å²) in [4.78, 5) is 0. The monoisotopic (exact) mass is 255 g/mol. The molecule has 0 aliphatic rings. The Morgan fingerprint density at radius 2 is 1.47 bits per heavy atom. The smallest absolute Gasteiger partial charge is 0.0911 e. The second kappa shape index (κ2) is 5.89. The summed E-state index contributed by atoms with van der Waals surface area (Å²) >= 11 is 0. The molecule has 0 fully saturated rings.